The normalized spacial score (nSPS) is 12.0. The average molecular weight is 454 g/mol. The predicted molar refractivity (Wildman–Crippen MR) is 111 cm³/mol. The van der Waals surface area contributed by atoms with Crippen molar-refractivity contribution in [2.45, 2.75) is 40.3 Å². The van der Waals surface area contributed by atoms with Gasteiger partial charge < -0.3 is 15.8 Å². The van der Waals surface area contributed by atoms with Gasteiger partial charge in [-0.1, -0.05) is 20.8 Å². The minimum Gasteiger partial charge on any atom is -0.444 e. The molecule has 0 fully saturated rings. The Kier molecular flexibility index (Phi) is 8.17. The van der Waals surface area contributed by atoms with Gasteiger partial charge in [0.15, 0.2) is 23.2 Å². The van der Waals surface area contributed by atoms with Gasteiger partial charge in [0.2, 0.25) is 5.91 Å². The lowest BCUT2D eigenvalue weighted by Gasteiger charge is -2.17. The van der Waals surface area contributed by atoms with Crippen molar-refractivity contribution in [3.63, 3.8) is 0 Å². The first-order chi connectivity index (χ1) is 14.5. The van der Waals surface area contributed by atoms with Crippen LogP contribution in [0.5, 0.6) is 0 Å². The summed E-state index contributed by atoms with van der Waals surface area (Å²) in [5.74, 6) is -4.12. The summed E-state index contributed by atoms with van der Waals surface area (Å²) in [5, 5.41) is 3.81. The number of aromatic nitrogens is 1. The smallest absolute Gasteiger partial charge is 0.308 e. The predicted octanol–water partition coefficient (Wildman–Crippen LogP) is 2.79. The lowest BCUT2D eigenvalue weighted by atomic mass is 9.92. The van der Waals surface area contributed by atoms with Gasteiger partial charge in [-0.2, -0.15) is 4.99 Å². The Morgan fingerprint density at radius 3 is 2.45 bits per heavy atom. The van der Waals surface area contributed by atoms with Crippen LogP contribution in [0.25, 0.3) is 0 Å². The molecular formula is C20H24F2N4O4S. The first kappa shape index (κ1) is 24.4. The SMILES string of the molecule is CC(C)(C)CC(=O)Nc1c(F)cc(C(=O)N=c2sccn2COC(=O)CCN)cc1F. The molecule has 3 N–H and O–H groups in total. The second-order valence-electron chi connectivity index (χ2n) is 7.86. The number of benzene rings is 1. The Bertz CT molecular complexity index is 1020. The number of carbonyl (C=O) groups excluding carboxylic acids is 3. The molecule has 0 bridgehead atoms. The number of thiazole rings is 1. The van der Waals surface area contributed by atoms with Gasteiger partial charge in [0.05, 0.1) is 6.42 Å². The van der Waals surface area contributed by atoms with Gasteiger partial charge in [-0.05, 0) is 17.5 Å². The third kappa shape index (κ3) is 7.37. The van der Waals surface area contributed by atoms with Crippen LogP contribution in [-0.2, 0) is 21.1 Å². The molecule has 0 aliphatic heterocycles. The number of anilines is 1. The quantitative estimate of drug-likeness (QED) is 0.624. The monoisotopic (exact) mass is 454 g/mol. The number of halogens is 2. The van der Waals surface area contributed by atoms with Crippen molar-refractivity contribution < 1.29 is 27.9 Å². The molecule has 0 saturated carbocycles. The van der Waals surface area contributed by atoms with Crippen molar-refractivity contribution >= 4 is 34.8 Å². The average Bonchev–Trinajstić information content (AvgIpc) is 3.08. The van der Waals surface area contributed by atoms with Gasteiger partial charge in [0.1, 0.15) is 5.69 Å². The standard InChI is InChI=1S/C20H24F2N4O4S/c1-20(2,3)10-15(27)24-17-13(21)8-12(9-14(17)22)18(29)25-19-26(6-7-31-19)11-30-16(28)4-5-23/h6-9H,4-5,10-11,23H2,1-3H3,(H,24,27). The molecule has 0 radical (unpaired) electrons. The second kappa shape index (κ2) is 10.4. The maximum Gasteiger partial charge on any atom is 0.308 e. The molecule has 168 valence electrons. The Hall–Kier alpha value is -2.92. The van der Waals surface area contributed by atoms with Crippen LogP contribution in [0.15, 0.2) is 28.7 Å². The van der Waals surface area contributed by atoms with Crippen LogP contribution in [0.1, 0.15) is 44.0 Å². The van der Waals surface area contributed by atoms with E-state index in [2.05, 4.69) is 10.3 Å². The summed E-state index contributed by atoms with van der Waals surface area (Å²) in [7, 11) is 0. The topological polar surface area (TPSA) is 116 Å². The molecule has 2 aromatic rings. The molecule has 2 amide bonds. The van der Waals surface area contributed by atoms with Crippen LogP contribution in [-0.4, -0.2) is 28.9 Å². The van der Waals surface area contributed by atoms with Gasteiger partial charge in [-0.25, -0.2) is 8.78 Å². The van der Waals surface area contributed by atoms with Crippen molar-refractivity contribution in [2.24, 2.45) is 16.1 Å². The molecule has 0 aliphatic carbocycles. The molecule has 11 heteroatoms. The molecule has 1 heterocycles. The number of amides is 2. The van der Waals surface area contributed by atoms with E-state index in [0.29, 0.717) is 0 Å². The van der Waals surface area contributed by atoms with E-state index in [0.717, 1.165) is 23.5 Å². The summed E-state index contributed by atoms with van der Waals surface area (Å²) in [5.41, 5.74) is 3.96. The van der Waals surface area contributed by atoms with E-state index < -0.39 is 35.1 Å². The number of nitrogens with two attached hydrogens (primary N) is 1. The Morgan fingerprint density at radius 2 is 1.87 bits per heavy atom. The summed E-state index contributed by atoms with van der Waals surface area (Å²) >= 11 is 1.08. The maximum absolute atomic E-state index is 14.4. The highest BCUT2D eigenvalue weighted by Crippen LogP contribution is 2.24. The molecule has 0 spiro atoms. The van der Waals surface area contributed by atoms with Crippen molar-refractivity contribution in [1.29, 1.82) is 0 Å². The van der Waals surface area contributed by atoms with E-state index in [9.17, 15) is 23.2 Å². The third-order valence-electron chi connectivity index (χ3n) is 3.81. The molecule has 0 saturated heterocycles. The number of hydrogen-bond acceptors (Lipinski definition) is 6. The number of carbonyl (C=O) groups is 3. The number of nitrogens with zero attached hydrogens (tertiary/aromatic N) is 2. The van der Waals surface area contributed by atoms with E-state index in [1.807, 2.05) is 20.8 Å². The molecule has 0 aliphatic rings. The molecule has 8 nitrogen and oxygen atoms in total. The van der Waals surface area contributed by atoms with Crippen molar-refractivity contribution in [3.8, 4) is 0 Å². The zero-order valence-corrected chi connectivity index (χ0v) is 18.2. The molecule has 0 atom stereocenters. The second-order valence-corrected chi connectivity index (χ2v) is 8.73. The Labute approximate surface area is 181 Å². The van der Waals surface area contributed by atoms with E-state index in [1.54, 1.807) is 11.6 Å². The lowest BCUT2D eigenvalue weighted by molar-refractivity contribution is -0.147. The fourth-order valence-corrected chi connectivity index (χ4v) is 3.16. The fourth-order valence-electron chi connectivity index (χ4n) is 2.45. The highest BCUT2D eigenvalue weighted by Gasteiger charge is 2.20. The minimum atomic E-state index is -1.09. The van der Waals surface area contributed by atoms with Crippen LogP contribution in [0.4, 0.5) is 14.5 Å². The molecule has 1 aromatic carbocycles. The van der Waals surface area contributed by atoms with Crippen LogP contribution in [0, 0.1) is 17.0 Å². The summed E-state index contributed by atoms with van der Waals surface area (Å²) in [6.45, 7) is 5.41. The summed E-state index contributed by atoms with van der Waals surface area (Å²) in [4.78, 5) is 39.8. The summed E-state index contributed by atoms with van der Waals surface area (Å²) < 4.78 is 35.2. The number of rotatable bonds is 7. The van der Waals surface area contributed by atoms with E-state index in [1.165, 1.54) is 4.57 Å². The van der Waals surface area contributed by atoms with Crippen LogP contribution < -0.4 is 15.9 Å². The Balaban J connectivity index is 2.19. The van der Waals surface area contributed by atoms with Crippen molar-refractivity contribution in [3.05, 3.63) is 45.7 Å². The largest absolute Gasteiger partial charge is 0.444 e. The zero-order chi connectivity index (χ0) is 23.2. The van der Waals surface area contributed by atoms with Gasteiger partial charge in [0.25, 0.3) is 5.91 Å². The van der Waals surface area contributed by atoms with Crippen molar-refractivity contribution in [1.82, 2.24) is 4.57 Å². The third-order valence-corrected chi connectivity index (χ3v) is 4.61. The maximum atomic E-state index is 14.4. The molecule has 1 aromatic heterocycles. The van der Waals surface area contributed by atoms with Crippen LogP contribution in [0.3, 0.4) is 0 Å². The highest BCUT2D eigenvalue weighted by atomic mass is 32.1. The minimum absolute atomic E-state index is 0.0489. The zero-order valence-electron chi connectivity index (χ0n) is 17.4. The molecular weight excluding hydrogens is 430 g/mol. The van der Waals surface area contributed by atoms with Gasteiger partial charge in [-0.3, -0.25) is 19.0 Å². The number of esters is 1. The Morgan fingerprint density at radius 1 is 1.23 bits per heavy atom. The number of nitrogens with one attached hydrogen (secondary N) is 1. The first-order valence-electron chi connectivity index (χ1n) is 9.38. The highest BCUT2D eigenvalue weighted by molar-refractivity contribution is 7.07. The van der Waals surface area contributed by atoms with Crippen LogP contribution >= 0.6 is 11.3 Å². The van der Waals surface area contributed by atoms with E-state index in [4.69, 9.17) is 10.5 Å². The molecule has 0 unspecified atom stereocenters. The number of hydrogen-bond donors (Lipinski definition) is 2. The van der Waals surface area contributed by atoms with E-state index >= 15 is 0 Å². The summed E-state index contributed by atoms with van der Waals surface area (Å²) in [6, 6.07) is 1.61. The summed E-state index contributed by atoms with van der Waals surface area (Å²) in [6.07, 6.45) is 1.66. The van der Waals surface area contributed by atoms with Crippen LogP contribution in [0.2, 0.25) is 0 Å². The van der Waals surface area contributed by atoms with E-state index in [-0.39, 0.29) is 41.9 Å². The fraction of sp³-hybridized carbons (Fsp3) is 0.400. The first-order valence-corrected chi connectivity index (χ1v) is 10.3. The van der Waals surface area contributed by atoms with Gasteiger partial charge in [0, 0.05) is 30.1 Å². The van der Waals surface area contributed by atoms with Crippen molar-refractivity contribution in [2.75, 3.05) is 11.9 Å². The number of ether oxygens (including phenoxy) is 1. The van der Waals surface area contributed by atoms with Gasteiger partial charge >= 0.3 is 5.97 Å². The lowest BCUT2D eigenvalue weighted by Crippen LogP contribution is -2.21. The molecule has 31 heavy (non-hydrogen) atoms. The van der Waals surface area contributed by atoms with Gasteiger partial charge in [-0.15, -0.1) is 11.3 Å². The molecule has 2 rings (SSSR count).